The topological polar surface area (TPSA) is 66.8 Å². The van der Waals surface area contributed by atoms with Crippen molar-refractivity contribution in [2.24, 2.45) is 0 Å². The van der Waals surface area contributed by atoms with Crippen molar-refractivity contribution >= 4 is 5.97 Å². The summed E-state index contributed by atoms with van der Waals surface area (Å²) in [7, 11) is 1.23. The first kappa shape index (κ1) is 20.7. The molecule has 0 saturated heterocycles. The molecule has 0 aliphatic rings. The fourth-order valence-electron chi connectivity index (χ4n) is 2.94. The first-order valence-electron chi connectivity index (χ1n) is 9.07. The number of hydrogen-bond acceptors (Lipinski definition) is 4. The number of hydrogen-bond donors (Lipinski definition) is 2. The van der Waals surface area contributed by atoms with E-state index in [9.17, 15) is 15.0 Å². The highest BCUT2D eigenvalue weighted by Gasteiger charge is 2.44. The second-order valence-corrected chi connectivity index (χ2v) is 6.50. The minimum atomic E-state index is -1.89. The van der Waals surface area contributed by atoms with Gasteiger partial charge in [-0.1, -0.05) is 82.2 Å². The Labute approximate surface area is 145 Å². The monoisotopic (exact) mass is 336 g/mol. The second kappa shape index (κ2) is 11.2. The van der Waals surface area contributed by atoms with Crippen LogP contribution in [-0.4, -0.2) is 35.0 Å². The zero-order valence-corrected chi connectivity index (χ0v) is 15.0. The number of carbonyl (C=O) groups is 1. The van der Waals surface area contributed by atoms with E-state index in [1.165, 1.54) is 32.8 Å². The smallest absolute Gasteiger partial charge is 0.340 e. The largest absolute Gasteiger partial charge is 0.467 e. The lowest BCUT2D eigenvalue weighted by atomic mass is 9.86. The predicted molar refractivity (Wildman–Crippen MR) is 95.7 cm³/mol. The second-order valence-electron chi connectivity index (χ2n) is 6.50. The predicted octanol–water partition coefficient (Wildman–Crippen LogP) is 3.63. The maximum Gasteiger partial charge on any atom is 0.340 e. The normalized spacial score (nSPS) is 14.8. The highest BCUT2D eigenvalue weighted by atomic mass is 16.5. The number of benzene rings is 1. The van der Waals surface area contributed by atoms with Gasteiger partial charge in [0, 0.05) is 6.42 Å². The zero-order chi connectivity index (χ0) is 17.8. The summed E-state index contributed by atoms with van der Waals surface area (Å²) >= 11 is 0. The Morgan fingerprint density at radius 2 is 1.67 bits per heavy atom. The molecule has 136 valence electrons. The molecule has 1 rings (SSSR count). The summed E-state index contributed by atoms with van der Waals surface area (Å²) in [5.74, 6) is -0.776. The average Bonchev–Trinajstić information content (AvgIpc) is 2.60. The van der Waals surface area contributed by atoms with Gasteiger partial charge in [-0.2, -0.15) is 0 Å². The molecule has 0 amide bonds. The number of aliphatic hydroxyl groups is 2. The molecule has 1 aromatic carbocycles. The van der Waals surface area contributed by atoms with Crippen LogP contribution < -0.4 is 0 Å². The molecule has 4 nitrogen and oxygen atoms in total. The minimum Gasteiger partial charge on any atom is -0.467 e. The van der Waals surface area contributed by atoms with E-state index in [0.717, 1.165) is 24.8 Å². The van der Waals surface area contributed by atoms with Gasteiger partial charge in [0.1, 0.15) is 0 Å². The van der Waals surface area contributed by atoms with Gasteiger partial charge in [-0.15, -0.1) is 0 Å². The minimum absolute atomic E-state index is 0.0537. The number of esters is 1. The summed E-state index contributed by atoms with van der Waals surface area (Å²) in [5.41, 5.74) is -1.10. The number of aliphatic hydroxyl groups excluding tert-OH is 1. The van der Waals surface area contributed by atoms with E-state index in [4.69, 9.17) is 4.74 Å². The summed E-state index contributed by atoms with van der Waals surface area (Å²) < 4.78 is 4.73. The van der Waals surface area contributed by atoms with Crippen LogP contribution in [0.1, 0.15) is 63.9 Å². The lowest BCUT2D eigenvalue weighted by molar-refractivity contribution is -0.175. The maximum atomic E-state index is 12.1. The van der Waals surface area contributed by atoms with E-state index in [1.54, 1.807) is 0 Å². The van der Waals surface area contributed by atoms with Gasteiger partial charge >= 0.3 is 5.97 Å². The van der Waals surface area contributed by atoms with Crippen molar-refractivity contribution in [2.75, 3.05) is 7.11 Å². The SMILES string of the molecule is CCCCCCCCC[C@H](O)[C@](O)(Cc1ccccc1)C(=O)OC. The Bertz CT molecular complexity index is 460. The van der Waals surface area contributed by atoms with E-state index in [0.29, 0.717) is 6.42 Å². The first-order valence-corrected chi connectivity index (χ1v) is 9.07. The van der Waals surface area contributed by atoms with Gasteiger partial charge in [0.25, 0.3) is 0 Å². The van der Waals surface area contributed by atoms with Crippen LogP contribution in [0.2, 0.25) is 0 Å². The molecule has 0 saturated carbocycles. The van der Waals surface area contributed by atoms with Crippen LogP contribution in [0.25, 0.3) is 0 Å². The molecule has 0 spiro atoms. The van der Waals surface area contributed by atoms with Crippen molar-refractivity contribution < 1.29 is 19.7 Å². The molecule has 24 heavy (non-hydrogen) atoms. The lowest BCUT2D eigenvalue weighted by Crippen LogP contribution is -2.52. The lowest BCUT2D eigenvalue weighted by Gasteiger charge is -2.30. The maximum absolute atomic E-state index is 12.1. The highest BCUT2D eigenvalue weighted by molar-refractivity contribution is 5.80. The third-order valence-electron chi connectivity index (χ3n) is 4.49. The number of rotatable bonds is 12. The summed E-state index contributed by atoms with van der Waals surface area (Å²) in [6.45, 7) is 2.19. The van der Waals surface area contributed by atoms with Gasteiger partial charge in [0.2, 0.25) is 0 Å². The van der Waals surface area contributed by atoms with Crippen LogP contribution in [0.5, 0.6) is 0 Å². The Balaban J connectivity index is 2.52. The molecule has 0 bridgehead atoms. The summed E-state index contributed by atoms with van der Waals surface area (Å²) in [4.78, 5) is 12.1. The summed E-state index contributed by atoms with van der Waals surface area (Å²) in [5, 5.41) is 21.2. The number of carbonyl (C=O) groups excluding carboxylic acids is 1. The Morgan fingerprint density at radius 1 is 1.08 bits per heavy atom. The van der Waals surface area contributed by atoms with Crippen LogP contribution in [0, 0.1) is 0 Å². The molecule has 0 aliphatic carbocycles. The third-order valence-corrected chi connectivity index (χ3v) is 4.49. The van der Waals surface area contributed by atoms with Crippen molar-refractivity contribution in [3.63, 3.8) is 0 Å². The van der Waals surface area contributed by atoms with Crippen molar-refractivity contribution in [2.45, 2.75) is 76.4 Å². The van der Waals surface area contributed by atoms with E-state index in [2.05, 4.69) is 6.92 Å². The number of ether oxygens (including phenoxy) is 1. The molecule has 0 fully saturated rings. The fourth-order valence-corrected chi connectivity index (χ4v) is 2.94. The molecular formula is C20H32O4. The van der Waals surface area contributed by atoms with E-state index < -0.39 is 17.7 Å². The van der Waals surface area contributed by atoms with Gasteiger partial charge in [-0.25, -0.2) is 4.79 Å². The van der Waals surface area contributed by atoms with Gasteiger partial charge in [0.05, 0.1) is 13.2 Å². The Morgan fingerprint density at radius 3 is 2.25 bits per heavy atom. The van der Waals surface area contributed by atoms with Crippen molar-refractivity contribution in [1.82, 2.24) is 0 Å². The molecular weight excluding hydrogens is 304 g/mol. The van der Waals surface area contributed by atoms with E-state index >= 15 is 0 Å². The fraction of sp³-hybridized carbons (Fsp3) is 0.650. The standard InChI is InChI=1S/C20H32O4/c1-3-4-5-6-7-8-12-15-18(21)20(23,19(22)24-2)16-17-13-10-9-11-14-17/h9-11,13-14,18,21,23H,3-8,12,15-16H2,1-2H3/t18-,20+/m0/s1. The van der Waals surface area contributed by atoms with Crippen molar-refractivity contribution in [3.8, 4) is 0 Å². The van der Waals surface area contributed by atoms with Crippen molar-refractivity contribution in [3.05, 3.63) is 35.9 Å². The Hall–Kier alpha value is -1.39. The molecule has 1 aromatic rings. The average molecular weight is 336 g/mol. The number of unbranched alkanes of at least 4 members (excludes halogenated alkanes) is 6. The highest BCUT2D eigenvalue weighted by Crippen LogP contribution is 2.24. The molecule has 0 radical (unpaired) electrons. The molecule has 0 aromatic heterocycles. The molecule has 0 heterocycles. The van der Waals surface area contributed by atoms with Crippen LogP contribution in [0.3, 0.4) is 0 Å². The van der Waals surface area contributed by atoms with E-state index in [1.807, 2.05) is 30.3 Å². The zero-order valence-electron chi connectivity index (χ0n) is 15.0. The molecule has 2 N–H and O–H groups in total. The summed E-state index contributed by atoms with van der Waals surface area (Å²) in [6.07, 6.45) is 7.19. The van der Waals surface area contributed by atoms with Gasteiger partial charge < -0.3 is 14.9 Å². The third kappa shape index (κ3) is 6.62. The Kier molecular flexibility index (Phi) is 9.65. The van der Waals surface area contributed by atoms with Crippen LogP contribution in [0.15, 0.2) is 30.3 Å². The first-order chi connectivity index (χ1) is 11.5. The van der Waals surface area contributed by atoms with Gasteiger partial charge in [-0.3, -0.25) is 0 Å². The molecule has 2 atom stereocenters. The molecule has 4 heteroatoms. The van der Waals surface area contributed by atoms with Crippen molar-refractivity contribution in [1.29, 1.82) is 0 Å². The van der Waals surface area contributed by atoms with Gasteiger partial charge in [-0.05, 0) is 12.0 Å². The van der Waals surface area contributed by atoms with E-state index in [-0.39, 0.29) is 6.42 Å². The van der Waals surface area contributed by atoms with Crippen LogP contribution in [0.4, 0.5) is 0 Å². The molecule has 0 unspecified atom stereocenters. The summed E-state index contributed by atoms with van der Waals surface area (Å²) in [6, 6.07) is 9.21. The van der Waals surface area contributed by atoms with Gasteiger partial charge in [0.15, 0.2) is 5.60 Å². The van der Waals surface area contributed by atoms with Crippen LogP contribution >= 0.6 is 0 Å². The quantitative estimate of drug-likeness (QED) is 0.452. The molecule has 0 aliphatic heterocycles. The number of methoxy groups -OCH3 is 1. The van der Waals surface area contributed by atoms with Crippen LogP contribution in [-0.2, 0) is 16.0 Å².